The van der Waals surface area contributed by atoms with Crippen LogP contribution in [0.25, 0.3) is 0 Å². The van der Waals surface area contributed by atoms with Crippen molar-refractivity contribution in [3.63, 3.8) is 0 Å². The second-order valence-corrected chi connectivity index (χ2v) is 8.54. The van der Waals surface area contributed by atoms with E-state index in [1.165, 1.54) is 6.42 Å². The van der Waals surface area contributed by atoms with Gasteiger partial charge in [-0.1, -0.05) is 13.8 Å². The zero-order valence-corrected chi connectivity index (χ0v) is 12.6. The van der Waals surface area contributed by atoms with Crippen LogP contribution in [0, 0.1) is 11.8 Å². The summed E-state index contributed by atoms with van der Waals surface area (Å²) in [7, 11) is -2.92. The molecule has 0 bridgehead atoms. The molecule has 0 unspecified atom stereocenters. The molecule has 6 heteroatoms. The lowest BCUT2D eigenvalue weighted by Crippen LogP contribution is -2.47. The van der Waals surface area contributed by atoms with Gasteiger partial charge in [0.15, 0.2) is 9.84 Å². The van der Waals surface area contributed by atoms with Gasteiger partial charge in [0.25, 0.3) is 0 Å². The minimum atomic E-state index is -2.92. The van der Waals surface area contributed by atoms with Crippen LogP contribution in [-0.2, 0) is 14.6 Å². The maximum atomic E-state index is 11.9. The highest BCUT2D eigenvalue weighted by molar-refractivity contribution is 7.91. The molecule has 1 amide bonds. The molecule has 0 aliphatic carbocycles. The Morgan fingerprint density at radius 1 is 1.26 bits per heavy atom. The van der Waals surface area contributed by atoms with Crippen molar-refractivity contribution in [2.75, 3.05) is 31.1 Å². The smallest absolute Gasteiger partial charge is 0.234 e. The minimum Gasteiger partial charge on any atom is -0.351 e. The molecule has 3 atom stereocenters. The first-order valence-corrected chi connectivity index (χ1v) is 8.88. The van der Waals surface area contributed by atoms with Gasteiger partial charge in [-0.3, -0.25) is 9.69 Å². The quantitative estimate of drug-likeness (QED) is 0.809. The number of carbonyl (C=O) groups excluding carboxylic acids is 1. The van der Waals surface area contributed by atoms with Crippen LogP contribution in [0.4, 0.5) is 0 Å². The number of nitrogens with zero attached hydrogens (tertiary/aromatic N) is 1. The maximum absolute atomic E-state index is 11.9. The van der Waals surface area contributed by atoms with E-state index < -0.39 is 9.84 Å². The number of carbonyl (C=O) groups is 1. The summed E-state index contributed by atoms with van der Waals surface area (Å²) in [5, 5.41) is 2.85. The van der Waals surface area contributed by atoms with Gasteiger partial charge in [-0.05, 0) is 24.7 Å². The highest BCUT2D eigenvalue weighted by Gasteiger charge is 2.30. The first kappa shape index (κ1) is 14.8. The molecule has 0 saturated carbocycles. The van der Waals surface area contributed by atoms with Gasteiger partial charge in [0.1, 0.15) is 0 Å². The van der Waals surface area contributed by atoms with Crippen LogP contribution in [0.3, 0.4) is 0 Å². The van der Waals surface area contributed by atoms with Gasteiger partial charge in [0.2, 0.25) is 5.91 Å². The van der Waals surface area contributed by atoms with Gasteiger partial charge in [-0.25, -0.2) is 8.42 Å². The number of nitrogens with one attached hydrogen (secondary N) is 1. The van der Waals surface area contributed by atoms with Crippen molar-refractivity contribution < 1.29 is 13.2 Å². The van der Waals surface area contributed by atoms with Crippen molar-refractivity contribution in [1.82, 2.24) is 10.2 Å². The second kappa shape index (κ2) is 5.79. The molecule has 0 aromatic carbocycles. The molecule has 2 fully saturated rings. The predicted octanol–water partition coefficient (Wildman–Crippen LogP) is 0.268. The van der Waals surface area contributed by atoms with Crippen molar-refractivity contribution in [2.45, 2.75) is 32.7 Å². The standard InChI is InChI=1S/C13H24N2O3S/c1-10-5-11(2)7-15(6-10)8-13(16)14-12-3-4-19(17,18)9-12/h10-12H,3-9H2,1-2H3,(H,14,16)/t10-,11+,12-/m1/s1. The van der Waals surface area contributed by atoms with Gasteiger partial charge < -0.3 is 5.32 Å². The van der Waals surface area contributed by atoms with Crippen LogP contribution in [-0.4, -0.2) is 56.4 Å². The van der Waals surface area contributed by atoms with Gasteiger partial charge in [0.05, 0.1) is 18.1 Å². The number of sulfone groups is 1. The molecule has 2 aliphatic rings. The molecule has 2 saturated heterocycles. The molecule has 5 nitrogen and oxygen atoms in total. The molecule has 19 heavy (non-hydrogen) atoms. The van der Waals surface area contributed by atoms with Gasteiger partial charge in [-0.15, -0.1) is 0 Å². The van der Waals surface area contributed by atoms with E-state index in [9.17, 15) is 13.2 Å². The summed E-state index contributed by atoms with van der Waals surface area (Å²) in [6.07, 6.45) is 1.78. The van der Waals surface area contributed by atoms with Crippen LogP contribution >= 0.6 is 0 Å². The predicted molar refractivity (Wildman–Crippen MR) is 74.6 cm³/mol. The summed E-state index contributed by atoms with van der Waals surface area (Å²) < 4.78 is 22.7. The number of hydrogen-bond acceptors (Lipinski definition) is 4. The van der Waals surface area contributed by atoms with Crippen molar-refractivity contribution in [3.05, 3.63) is 0 Å². The lowest BCUT2D eigenvalue weighted by atomic mass is 9.92. The Kier molecular flexibility index (Phi) is 4.50. The number of likely N-dealkylation sites (tertiary alicyclic amines) is 1. The van der Waals surface area contributed by atoms with E-state index in [0.29, 0.717) is 24.8 Å². The Morgan fingerprint density at radius 3 is 2.42 bits per heavy atom. The minimum absolute atomic E-state index is 0.0385. The highest BCUT2D eigenvalue weighted by Crippen LogP contribution is 2.20. The lowest BCUT2D eigenvalue weighted by Gasteiger charge is -2.34. The van der Waals surface area contributed by atoms with E-state index >= 15 is 0 Å². The molecule has 2 aliphatic heterocycles. The Hall–Kier alpha value is -0.620. The molecular weight excluding hydrogens is 264 g/mol. The van der Waals surface area contributed by atoms with Gasteiger partial charge in [0, 0.05) is 19.1 Å². The summed E-state index contributed by atoms with van der Waals surface area (Å²) in [4.78, 5) is 14.1. The summed E-state index contributed by atoms with van der Waals surface area (Å²) >= 11 is 0. The van der Waals surface area contributed by atoms with Crippen LogP contribution in [0.5, 0.6) is 0 Å². The second-order valence-electron chi connectivity index (χ2n) is 6.31. The number of piperidine rings is 1. The molecule has 2 heterocycles. The zero-order chi connectivity index (χ0) is 14.0. The van der Waals surface area contributed by atoms with Crippen LogP contribution in [0.1, 0.15) is 26.7 Å². The first-order valence-electron chi connectivity index (χ1n) is 7.06. The summed E-state index contributed by atoms with van der Waals surface area (Å²) in [6, 6.07) is -0.183. The lowest BCUT2D eigenvalue weighted by molar-refractivity contribution is -0.123. The monoisotopic (exact) mass is 288 g/mol. The molecule has 110 valence electrons. The van der Waals surface area contributed by atoms with E-state index in [1.54, 1.807) is 0 Å². The largest absolute Gasteiger partial charge is 0.351 e. The molecule has 2 rings (SSSR count). The molecule has 1 N–H and O–H groups in total. The molecule has 0 radical (unpaired) electrons. The summed E-state index contributed by atoms with van der Waals surface area (Å²) in [6.45, 7) is 6.74. The number of hydrogen-bond donors (Lipinski definition) is 1. The SMILES string of the molecule is C[C@@H]1C[C@H](C)CN(CC(=O)N[C@@H]2CCS(=O)(=O)C2)C1. The Labute approximate surface area is 115 Å². The van der Waals surface area contributed by atoms with Crippen molar-refractivity contribution in [2.24, 2.45) is 11.8 Å². The van der Waals surface area contributed by atoms with Crippen molar-refractivity contribution >= 4 is 15.7 Å². The van der Waals surface area contributed by atoms with E-state index in [-0.39, 0.29) is 23.5 Å². The summed E-state index contributed by atoms with van der Waals surface area (Å²) in [5.41, 5.74) is 0. The third-order valence-electron chi connectivity index (χ3n) is 3.91. The van der Waals surface area contributed by atoms with E-state index in [4.69, 9.17) is 0 Å². The fourth-order valence-corrected chi connectivity index (χ4v) is 4.98. The van der Waals surface area contributed by atoms with E-state index in [0.717, 1.165) is 13.1 Å². The van der Waals surface area contributed by atoms with Crippen molar-refractivity contribution in [1.29, 1.82) is 0 Å². The Bertz CT molecular complexity index is 425. The molecule has 0 spiro atoms. The first-order chi connectivity index (χ1) is 8.84. The number of rotatable bonds is 3. The topological polar surface area (TPSA) is 66.5 Å². The third-order valence-corrected chi connectivity index (χ3v) is 5.68. The normalized spacial score (nSPS) is 35.2. The third kappa shape index (κ3) is 4.45. The van der Waals surface area contributed by atoms with Gasteiger partial charge in [-0.2, -0.15) is 0 Å². The van der Waals surface area contributed by atoms with Gasteiger partial charge >= 0.3 is 0 Å². The maximum Gasteiger partial charge on any atom is 0.234 e. The van der Waals surface area contributed by atoms with Crippen LogP contribution in [0.2, 0.25) is 0 Å². The Morgan fingerprint density at radius 2 is 1.89 bits per heavy atom. The van der Waals surface area contributed by atoms with Crippen molar-refractivity contribution in [3.8, 4) is 0 Å². The van der Waals surface area contributed by atoms with E-state index in [1.807, 2.05) is 0 Å². The zero-order valence-electron chi connectivity index (χ0n) is 11.8. The summed E-state index contributed by atoms with van der Waals surface area (Å²) in [5.74, 6) is 1.52. The van der Waals surface area contributed by atoms with E-state index in [2.05, 4.69) is 24.1 Å². The van der Waals surface area contributed by atoms with Crippen LogP contribution < -0.4 is 5.32 Å². The fraction of sp³-hybridized carbons (Fsp3) is 0.923. The molecule has 0 aromatic rings. The number of amides is 1. The molecule has 0 aromatic heterocycles. The average Bonchev–Trinajstić information content (AvgIpc) is 2.55. The fourth-order valence-electron chi connectivity index (χ4n) is 3.31. The highest BCUT2D eigenvalue weighted by atomic mass is 32.2. The molecular formula is C13H24N2O3S. The van der Waals surface area contributed by atoms with Crippen LogP contribution in [0.15, 0.2) is 0 Å². The average molecular weight is 288 g/mol. The Balaban J connectivity index is 1.78.